The summed E-state index contributed by atoms with van der Waals surface area (Å²) in [5, 5.41) is 4.37. The van der Waals surface area contributed by atoms with Gasteiger partial charge in [0.05, 0.1) is 12.3 Å². The molecule has 6 nitrogen and oxygen atoms in total. The van der Waals surface area contributed by atoms with Gasteiger partial charge in [-0.1, -0.05) is 31.2 Å². The molecule has 0 aliphatic rings. The van der Waals surface area contributed by atoms with E-state index in [1.807, 2.05) is 31.2 Å². The fourth-order valence-electron chi connectivity index (χ4n) is 2.78. The van der Waals surface area contributed by atoms with Crippen LogP contribution in [0.15, 0.2) is 60.4 Å². The molecule has 1 aromatic heterocycles. The van der Waals surface area contributed by atoms with Crippen molar-refractivity contribution in [2.24, 2.45) is 0 Å². The molecule has 0 radical (unpaired) electrons. The Labute approximate surface area is 176 Å². The Hall–Kier alpha value is -3.62. The van der Waals surface area contributed by atoms with Gasteiger partial charge in [-0.2, -0.15) is 0 Å². The lowest BCUT2D eigenvalue weighted by molar-refractivity contribution is -0.274. The molecule has 162 valence electrons. The second-order valence-corrected chi connectivity index (χ2v) is 6.42. The molecule has 3 aromatic rings. The van der Waals surface area contributed by atoms with Crippen LogP contribution in [0.4, 0.5) is 13.2 Å². The van der Waals surface area contributed by atoms with E-state index in [1.54, 1.807) is 13.0 Å². The Balaban J connectivity index is 1.74. The fourth-order valence-corrected chi connectivity index (χ4v) is 2.78. The summed E-state index contributed by atoms with van der Waals surface area (Å²) in [5.74, 6) is -0.192. The summed E-state index contributed by atoms with van der Waals surface area (Å²) < 4.78 is 47.2. The minimum absolute atomic E-state index is 0.311. The van der Waals surface area contributed by atoms with E-state index in [2.05, 4.69) is 14.8 Å². The normalized spacial score (nSPS) is 12.0. The van der Waals surface area contributed by atoms with Gasteiger partial charge in [-0.3, -0.25) is 0 Å². The molecule has 0 atom stereocenters. The summed E-state index contributed by atoms with van der Waals surface area (Å²) in [4.78, 5) is 16.2. The van der Waals surface area contributed by atoms with Crippen molar-refractivity contribution in [3.05, 3.63) is 66.0 Å². The molecule has 0 unspecified atom stereocenters. The van der Waals surface area contributed by atoms with Gasteiger partial charge in [0, 0.05) is 11.1 Å². The number of hydrogen-bond acceptors (Lipinski definition) is 5. The molecule has 0 saturated heterocycles. The van der Waals surface area contributed by atoms with Gasteiger partial charge in [-0.05, 0) is 49.2 Å². The zero-order valence-corrected chi connectivity index (χ0v) is 16.9. The van der Waals surface area contributed by atoms with E-state index in [-0.39, 0.29) is 11.7 Å². The molecule has 0 N–H and O–H groups in total. The third-order valence-corrected chi connectivity index (χ3v) is 4.25. The number of carbonyl (C=O) groups excluding carboxylic acids is 1. The molecule has 1 heterocycles. The van der Waals surface area contributed by atoms with E-state index in [0.29, 0.717) is 30.1 Å². The van der Waals surface area contributed by atoms with Crippen molar-refractivity contribution in [3.8, 4) is 22.8 Å². The van der Waals surface area contributed by atoms with Gasteiger partial charge >= 0.3 is 12.3 Å². The number of halogens is 3. The molecule has 0 saturated carbocycles. The molecule has 0 spiro atoms. The van der Waals surface area contributed by atoms with Crippen LogP contribution in [0.25, 0.3) is 23.2 Å². The number of carbonyl (C=O) groups is 1. The number of esters is 1. The third-order valence-electron chi connectivity index (χ3n) is 4.25. The van der Waals surface area contributed by atoms with Gasteiger partial charge in [0.2, 0.25) is 0 Å². The van der Waals surface area contributed by atoms with Gasteiger partial charge in [0.25, 0.3) is 0 Å². The van der Waals surface area contributed by atoms with Gasteiger partial charge in [0.15, 0.2) is 5.82 Å². The molecular formula is C22H20F3N3O3. The van der Waals surface area contributed by atoms with Crippen LogP contribution in [-0.2, 0) is 9.53 Å². The maximum atomic E-state index is 12.3. The maximum Gasteiger partial charge on any atom is 0.573 e. The lowest BCUT2D eigenvalue weighted by Crippen LogP contribution is -2.17. The number of nitrogens with zero attached hydrogens (tertiary/aromatic N) is 3. The van der Waals surface area contributed by atoms with Crippen LogP contribution in [-0.4, -0.2) is 33.7 Å². The van der Waals surface area contributed by atoms with Crippen molar-refractivity contribution < 1.29 is 27.4 Å². The smallest absolute Gasteiger partial charge is 0.463 e. The van der Waals surface area contributed by atoms with Crippen molar-refractivity contribution in [2.45, 2.75) is 26.6 Å². The summed E-state index contributed by atoms with van der Waals surface area (Å²) in [6, 6.07) is 12.7. The van der Waals surface area contributed by atoms with Crippen LogP contribution in [0.3, 0.4) is 0 Å². The molecule has 31 heavy (non-hydrogen) atoms. The zero-order valence-electron chi connectivity index (χ0n) is 16.9. The summed E-state index contributed by atoms with van der Waals surface area (Å²) in [7, 11) is 0. The monoisotopic (exact) mass is 431 g/mol. The molecule has 3 rings (SSSR count). The number of alkyl halides is 3. The lowest BCUT2D eigenvalue weighted by atomic mass is 10.1. The van der Waals surface area contributed by atoms with Crippen molar-refractivity contribution in [1.29, 1.82) is 0 Å². The first-order valence-corrected chi connectivity index (χ1v) is 9.55. The summed E-state index contributed by atoms with van der Waals surface area (Å²) in [6.45, 7) is 3.97. The highest BCUT2D eigenvalue weighted by Crippen LogP contribution is 2.24. The van der Waals surface area contributed by atoms with Crippen LogP contribution in [0.1, 0.15) is 25.8 Å². The molecule has 0 amide bonds. The largest absolute Gasteiger partial charge is 0.573 e. The highest BCUT2D eigenvalue weighted by molar-refractivity contribution is 5.93. The highest BCUT2D eigenvalue weighted by atomic mass is 19.4. The molecule has 0 fully saturated rings. The number of rotatable bonds is 7. The van der Waals surface area contributed by atoms with Gasteiger partial charge < -0.3 is 9.47 Å². The predicted octanol–water partition coefficient (Wildman–Crippen LogP) is 5.19. The van der Waals surface area contributed by atoms with Gasteiger partial charge in [-0.15, -0.1) is 18.3 Å². The summed E-state index contributed by atoms with van der Waals surface area (Å²) in [5.41, 5.74) is 2.71. The van der Waals surface area contributed by atoms with E-state index in [1.165, 1.54) is 35.3 Å². The van der Waals surface area contributed by atoms with E-state index >= 15 is 0 Å². The Morgan fingerprint density at radius 1 is 1.06 bits per heavy atom. The highest BCUT2D eigenvalue weighted by Gasteiger charge is 2.31. The molecule has 0 bridgehead atoms. The number of benzene rings is 2. The number of hydrogen-bond donors (Lipinski definition) is 0. The predicted molar refractivity (Wildman–Crippen MR) is 108 cm³/mol. The molecule has 0 aliphatic carbocycles. The van der Waals surface area contributed by atoms with E-state index in [0.717, 1.165) is 11.1 Å². The second kappa shape index (κ2) is 9.46. The first-order valence-electron chi connectivity index (χ1n) is 9.55. The standard InChI is InChI=1S/C22H20F3N3O3/c1-3-16(21(29)30-4-2)13-15-5-7-17(8-6-15)20-26-14-28(27-20)18-9-11-19(12-10-18)31-22(23,24)25/h5-14H,3-4H2,1-2H3/b16-13-. The first-order chi connectivity index (χ1) is 14.8. The van der Waals surface area contributed by atoms with E-state index < -0.39 is 6.36 Å². The minimum Gasteiger partial charge on any atom is -0.463 e. The Morgan fingerprint density at radius 3 is 2.32 bits per heavy atom. The van der Waals surface area contributed by atoms with Crippen LogP contribution in [0.2, 0.25) is 0 Å². The molecule has 9 heteroatoms. The molecule has 2 aromatic carbocycles. The summed E-state index contributed by atoms with van der Waals surface area (Å²) >= 11 is 0. The van der Waals surface area contributed by atoms with Crippen LogP contribution >= 0.6 is 0 Å². The topological polar surface area (TPSA) is 66.2 Å². The lowest BCUT2D eigenvalue weighted by Gasteiger charge is -2.09. The van der Waals surface area contributed by atoms with Crippen molar-refractivity contribution in [2.75, 3.05) is 6.61 Å². The third kappa shape index (κ3) is 5.94. The van der Waals surface area contributed by atoms with Crippen molar-refractivity contribution >= 4 is 12.0 Å². The van der Waals surface area contributed by atoms with Gasteiger partial charge in [0.1, 0.15) is 12.1 Å². The van der Waals surface area contributed by atoms with E-state index in [4.69, 9.17) is 4.74 Å². The van der Waals surface area contributed by atoms with E-state index in [9.17, 15) is 18.0 Å². The summed E-state index contributed by atoms with van der Waals surface area (Å²) in [6.07, 6.45) is -0.937. The average molecular weight is 431 g/mol. The fraction of sp³-hybridized carbons (Fsp3) is 0.227. The van der Waals surface area contributed by atoms with Crippen molar-refractivity contribution in [1.82, 2.24) is 14.8 Å². The number of aromatic nitrogens is 3. The Bertz CT molecular complexity index is 1060. The SMILES string of the molecule is CCOC(=O)/C(=C\c1ccc(-c2ncn(-c3ccc(OC(F)(F)F)cc3)n2)cc1)CC. The maximum absolute atomic E-state index is 12.3. The second-order valence-electron chi connectivity index (χ2n) is 6.42. The number of ether oxygens (including phenoxy) is 2. The van der Waals surface area contributed by atoms with Gasteiger partial charge in [-0.25, -0.2) is 14.5 Å². The Kier molecular flexibility index (Phi) is 6.74. The molecule has 0 aliphatic heterocycles. The van der Waals surface area contributed by atoms with Crippen molar-refractivity contribution in [3.63, 3.8) is 0 Å². The minimum atomic E-state index is -4.74. The zero-order chi connectivity index (χ0) is 22.4. The average Bonchev–Trinajstić information content (AvgIpc) is 3.22. The van der Waals surface area contributed by atoms with Crippen LogP contribution in [0, 0.1) is 0 Å². The van der Waals surface area contributed by atoms with Crippen LogP contribution < -0.4 is 4.74 Å². The Morgan fingerprint density at radius 2 is 1.74 bits per heavy atom. The molecular weight excluding hydrogens is 411 g/mol. The first kappa shape index (κ1) is 22.1. The quantitative estimate of drug-likeness (QED) is 0.381. The van der Waals surface area contributed by atoms with Crippen LogP contribution in [0.5, 0.6) is 5.75 Å².